The van der Waals surface area contributed by atoms with Crippen LogP contribution in [-0.4, -0.2) is 55.6 Å². The lowest BCUT2D eigenvalue weighted by molar-refractivity contribution is -0.126. The van der Waals surface area contributed by atoms with E-state index in [-0.39, 0.29) is 5.91 Å². The molecule has 1 heterocycles. The van der Waals surface area contributed by atoms with E-state index in [1.54, 1.807) is 0 Å². The maximum atomic E-state index is 12.2. The molecular formula is C20H32N4O. The summed E-state index contributed by atoms with van der Waals surface area (Å²) in [6, 6.07) is 10.7. The van der Waals surface area contributed by atoms with Gasteiger partial charge in [0.1, 0.15) is 0 Å². The molecule has 0 bridgehead atoms. The van der Waals surface area contributed by atoms with Gasteiger partial charge in [0.15, 0.2) is 0 Å². The van der Waals surface area contributed by atoms with Crippen LogP contribution in [-0.2, 0) is 4.79 Å². The normalized spacial score (nSPS) is 20.6. The molecular weight excluding hydrogens is 312 g/mol. The number of rotatable bonds is 7. The number of nitrogens with one attached hydrogen (secondary N) is 1. The molecule has 1 amide bonds. The third kappa shape index (κ3) is 4.95. The Morgan fingerprint density at radius 3 is 2.40 bits per heavy atom. The van der Waals surface area contributed by atoms with Gasteiger partial charge in [-0.2, -0.15) is 0 Å². The molecule has 1 saturated carbocycles. The van der Waals surface area contributed by atoms with E-state index in [1.807, 2.05) is 0 Å². The zero-order valence-corrected chi connectivity index (χ0v) is 15.3. The SMILES string of the molecule is NC1(C(=O)NCCCCN2CCN(c3ccccc3)CC2)CCCC1. The van der Waals surface area contributed by atoms with Gasteiger partial charge in [-0.05, 0) is 44.4 Å². The predicted molar refractivity (Wildman–Crippen MR) is 103 cm³/mol. The number of hydrogen-bond acceptors (Lipinski definition) is 4. The molecule has 2 aliphatic rings. The minimum absolute atomic E-state index is 0.0569. The number of benzene rings is 1. The van der Waals surface area contributed by atoms with Crippen molar-refractivity contribution in [3.05, 3.63) is 30.3 Å². The van der Waals surface area contributed by atoms with Crippen LogP contribution < -0.4 is 16.0 Å². The summed E-state index contributed by atoms with van der Waals surface area (Å²) in [5, 5.41) is 3.04. The van der Waals surface area contributed by atoms with E-state index in [4.69, 9.17) is 5.73 Å². The Bertz CT molecular complexity index is 534. The summed E-state index contributed by atoms with van der Waals surface area (Å²) in [6.45, 7) is 6.29. The van der Waals surface area contributed by atoms with Crippen molar-refractivity contribution in [2.45, 2.75) is 44.1 Å². The van der Waals surface area contributed by atoms with Gasteiger partial charge in [0.25, 0.3) is 0 Å². The summed E-state index contributed by atoms with van der Waals surface area (Å²) in [7, 11) is 0. The minimum Gasteiger partial charge on any atom is -0.369 e. The second kappa shape index (κ2) is 8.68. The van der Waals surface area contributed by atoms with Crippen LogP contribution in [0.4, 0.5) is 5.69 Å². The number of nitrogens with zero attached hydrogens (tertiary/aromatic N) is 2. The molecule has 5 nitrogen and oxygen atoms in total. The molecule has 1 aromatic rings. The first-order valence-corrected chi connectivity index (χ1v) is 9.77. The summed E-state index contributed by atoms with van der Waals surface area (Å²) in [4.78, 5) is 17.1. The number of unbranched alkanes of at least 4 members (excludes halogenated alkanes) is 1. The zero-order valence-electron chi connectivity index (χ0n) is 15.3. The Balaban J connectivity index is 1.27. The van der Waals surface area contributed by atoms with Crippen LogP contribution in [0.25, 0.3) is 0 Å². The summed E-state index contributed by atoms with van der Waals surface area (Å²) >= 11 is 0. The fourth-order valence-electron chi connectivity index (χ4n) is 3.94. The van der Waals surface area contributed by atoms with Crippen LogP contribution in [0.1, 0.15) is 38.5 Å². The fourth-order valence-corrected chi connectivity index (χ4v) is 3.94. The molecule has 3 rings (SSSR count). The highest BCUT2D eigenvalue weighted by molar-refractivity contribution is 5.86. The van der Waals surface area contributed by atoms with Crippen molar-refractivity contribution >= 4 is 11.6 Å². The number of carbonyl (C=O) groups is 1. The van der Waals surface area contributed by atoms with E-state index in [9.17, 15) is 4.79 Å². The molecule has 3 N–H and O–H groups in total. The lowest BCUT2D eigenvalue weighted by atomic mass is 9.98. The minimum atomic E-state index is -0.590. The van der Waals surface area contributed by atoms with E-state index < -0.39 is 5.54 Å². The van der Waals surface area contributed by atoms with E-state index in [1.165, 1.54) is 5.69 Å². The first kappa shape index (κ1) is 18.2. The van der Waals surface area contributed by atoms with Gasteiger partial charge in [-0.25, -0.2) is 0 Å². The number of piperazine rings is 1. The highest BCUT2D eigenvalue weighted by Gasteiger charge is 2.36. The average molecular weight is 345 g/mol. The summed E-state index contributed by atoms with van der Waals surface area (Å²) in [6.07, 6.45) is 6.00. The number of hydrogen-bond donors (Lipinski definition) is 2. The molecule has 5 heteroatoms. The number of carbonyl (C=O) groups excluding carboxylic acids is 1. The van der Waals surface area contributed by atoms with Gasteiger partial charge < -0.3 is 16.0 Å². The Morgan fingerprint density at radius 2 is 1.72 bits per heavy atom. The monoisotopic (exact) mass is 344 g/mol. The third-order valence-corrected chi connectivity index (χ3v) is 5.63. The fraction of sp³-hybridized carbons (Fsp3) is 0.650. The van der Waals surface area contributed by atoms with Gasteiger partial charge >= 0.3 is 0 Å². The van der Waals surface area contributed by atoms with Crippen molar-refractivity contribution < 1.29 is 4.79 Å². The molecule has 1 saturated heterocycles. The Morgan fingerprint density at radius 1 is 1.04 bits per heavy atom. The Kier molecular flexibility index (Phi) is 6.32. The number of nitrogens with two attached hydrogens (primary N) is 1. The van der Waals surface area contributed by atoms with Gasteiger partial charge in [-0.1, -0.05) is 31.0 Å². The predicted octanol–water partition coefficient (Wildman–Crippen LogP) is 1.98. The largest absolute Gasteiger partial charge is 0.369 e. The van der Waals surface area contributed by atoms with Crippen LogP contribution in [0.5, 0.6) is 0 Å². The molecule has 0 aromatic heterocycles. The van der Waals surface area contributed by atoms with Crippen molar-refractivity contribution in [3.63, 3.8) is 0 Å². The number of amides is 1. The van der Waals surface area contributed by atoms with Gasteiger partial charge in [0, 0.05) is 38.4 Å². The van der Waals surface area contributed by atoms with Crippen LogP contribution in [0.3, 0.4) is 0 Å². The molecule has 1 aliphatic heterocycles. The van der Waals surface area contributed by atoms with Gasteiger partial charge in [0.2, 0.25) is 5.91 Å². The van der Waals surface area contributed by atoms with Crippen LogP contribution >= 0.6 is 0 Å². The maximum absolute atomic E-state index is 12.2. The summed E-state index contributed by atoms with van der Waals surface area (Å²) in [5.41, 5.74) is 6.91. The second-order valence-electron chi connectivity index (χ2n) is 7.49. The van der Waals surface area contributed by atoms with Crippen molar-refractivity contribution in [3.8, 4) is 0 Å². The second-order valence-corrected chi connectivity index (χ2v) is 7.49. The first-order chi connectivity index (χ1) is 12.2. The molecule has 0 unspecified atom stereocenters. The van der Waals surface area contributed by atoms with Crippen LogP contribution in [0.15, 0.2) is 30.3 Å². The number of para-hydroxylation sites is 1. The van der Waals surface area contributed by atoms with Crippen molar-refractivity contribution in [1.29, 1.82) is 0 Å². The Labute approximate surface area is 151 Å². The zero-order chi connectivity index (χ0) is 17.5. The topological polar surface area (TPSA) is 61.6 Å². The molecule has 138 valence electrons. The van der Waals surface area contributed by atoms with Crippen LogP contribution in [0.2, 0.25) is 0 Å². The standard InChI is InChI=1S/C20H32N4O/c21-20(10-4-5-11-20)19(25)22-12-6-7-13-23-14-16-24(17-15-23)18-8-2-1-3-9-18/h1-3,8-9H,4-7,10-17,21H2,(H,22,25). The molecule has 2 fully saturated rings. The van der Waals surface area contributed by atoms with Gasteiger partial charge in [-0.15, -0.1) is 0 Å². The average Bonchev–Trinajstić information content (AvgIpc) is 3.10. The van der Waals surface area contributed by atoms with E-state index in [0.29, 0.717) is 0 Å². The highest BCUT2D eigenvalue weighted by Crippen LogP contribution is 2.27. The van der Waals surface area contributed by atoms with Crippen molar-refractivity contribution in [2.24, 2.45) is 5.73 Å². The molecule has 1 aliphatic carbocycles. The smallest absolute Gasteiger partial charge is 0.240 e. The lowest BCUT2D eigenvalue weighted by Crippen LogP contribution is -2.52. The van der Waals surface area contributed by atoms with E-state index in [2.05, 4.69) is 45.4 Å². The van der Waals surface area contributed by atoms with E-state index >= 15 is 0 Å². The van der Waals surface area contributed by atoms with Crippen molar-refractivity contribution in [2.75, 3.05) is 44.2 Å². The third-order valence-electron chi connectivity index (χ3n) is 5.63. The molecule has 1 aromatic carbocycles. The molecule has 0 atom stereocenters. The van der Waals surface area contributed by atoms with E-state index in [0.717, 1.165) is 77.8 Å². The van der Waals surface area contributed by atoms with Crippen LogP contribution in [0, 0.1) is 0 Å². The Hall–Kier alpha value is -1.59. The highest BCUT2D eigenvalue weighted by atomic mass is 16.2. The number of anilines is 1. The first-order valence-electron chi connectivity index (χ1n) is 9.77. The molecule has 0 spiro atoms. The van der Waals surface area contributed by atoms with Crippen molar-refractivity contribution in [1.82, 2.24) is 10.2 Å². The molecule has 0 radical (unpaired) electrons. The quantitative estimate of drug-likeness (QED) is 0.743. The van der Waals surface area contributed by atoms with Gasteiger partial charge in [0.05, 0.1) is 5.54 Å². The lowest BCUT2D eigenvalue weighted by Gasteiger charge is -2.36. The van der Waals surface area contributed by atoms with Gasteiger partial charge in [-0.3, -0.25) is 9.69 Å². The maximum Gasteiger partial charge on any atom is 0.240 e. The summed E-state index contributed by atoms with van der Waals surface area (Å²) < 4.78 is 0. The summed E-state index contributed by atoms with van der Waals surface area (Å²) in [5.74, 6) is 0.0569. The molecule has 25 heavy (non-hydrogen) atoms.